The van der Waals surface area contributed by atoms with Gasteiger partial charge in [-0.3, -0.25) is 4.90 Å². The lowest BCUT2D eigenvalue weighted by Gasteiger charge is -2.35. The molecule has 0 aliphatic carbocycles. The number of aliphatic hydroxyl groups excluding tert-OH is 1. The Morgan fingerprint density at radius 3 is 2.70 bits per heavy atom. The molecular formula is C15H23ClN2O2. The van der Waals surface area contributed by atoms with Crippen LogP contribution in [0, 0.1) is 0 Å². The Bertz CT molecular complexity index is 436. The fraction of sp³-hybridized carbons (Fsp3) is 0.600. The van der Waals surface area contributed by atoms with E-state index in [1.807, 2.05) is 26.0 Å². The minimum Gasteiger partial charge on any atom is -0.494 e. The molecule has 5 heteroatoms. The summed E-state index contributed by atoms with van der Waals surface area (Å²) in [6.45, 7) is 8.42. The summed E-state index contributed by atoms with van der Waals surface area (Å²) in [5, 5.41) is 14.4. The third-order valence-electron chi connectivity index (χ3n) is 3.79. The van der Waals surface area contributed by atoms with E-state index in [0.29, 0.717) is 11.6 Å². The van der Waals surface area contributed by atoms with Crippen LogP contribution < -0.4 is 10.1 Å². The highest BCUT2D eigenvalue weighted by Gasteiger charge is 2.25. The standard InChI is InChI=1S/C15H23ClN2O2/c1-3-20-12-4-5-13(14(16)10-12)15(19)11(2)18-8-6-17-7-9-18/h4-5,10-11,15,17,19H,3,6-9H2,1-2H3. The zero-order valence-corrected chi connectivity index (χ0v) is 12.9. The molecular weight excluding hydrogens is 276 g/mol. The molecule has 2 unspecified atom stereocenters. The van der Waals surface area contributed by atoms with Crippen molar-refractivity contribution >= 4 is 11.6 Å². The third kappa shape index (κ3) is 3.64. The van der Waals surface area contributed by atoms with Gasteiger partial charge >= 0.3 is 0 Å². The molecule has 1 saturated heterocycles. The first-order valence-corrected chi connectivity index (χ1v) is 7.56. The van der Waals surface area contributed by atoms with Crippen molar-refractivity contribution < 1.29 is 9.84 Å². The quantitative estimate of drug-likeness (QED) is 0.873. The molecule has 1 aromatic rings. The third-order valence-corrected chi connectivity index (χ3v) is 4.11. The molecule has 0 amide bonds. The van der Waals surface area contributed by atoms with Gasteiger partial charge in [0.1, 0.15) is 5.75 Å². The van der Waals surface area contributed by atoms with Gasteiger partial charge in [-0.25, -0.2) is 0 Å². The number of hydrogen-bond acceptors (Lipinski definition) is 4. The van der Waals surface area contributed by atoms with Gasteiger partial charge < -0.3 is 15.2 Å². The molecule has 2 rings (SSSR count). The van der Waals surface area contributed by atoms with Crippen molar-refractivity contribution in [2.45, 2.75) is 26.0 Å². The number of benzene rings is 1. The molecule has 0 saturated carbocycles. The summed E-state index contributed by atoms with van der Waals surface area (Å²) >= 11 is 6.27. The zero-order chi connectivity index (χ0) is 14.5. The normalized spacial score (nSPS) is 19.6. The van der Waals surface area contributed by atoms with Gasteiger partial charge in [-0.15, -0.1) is 0 Å². The largest absolute Gasteiger partial charge is 0.494 e. The van der Waals surface area contributed by atoms with Crippen molar-refractivity contribution in [3.63, 3.8) is 0 Å². The second-order valence-corrected chi connectivity index (χ2v) is 5.49. The lowest BCUT2D eigenvalue weighted by Crippen LogP contribution is -2.49. The fourth-order valence-electron chi connectivity index (χ4n) is 2.55. The first-order valence-electron chi connectivity index (χ1n) is 7.18. The van der Waals surface area contributed by atoms with Crippen LogP contribution in [-0.2, 0) is 0 Å². The summed E-state index contributed by atoms with van der Waals surface area (Å²) in [6, 6.07) is 5.54. The van der Waals surface area contributed by atoms with Crippen LogP contribution in [0.2, 0.25) is 5.02 Å². The van der Waals surface area contributed by atoms with E-state index >= 15 is 0 Å². The molecule has 2 atom stereocenters. The van der Waals surface area contributed by atoms with Crippen molar-refractivity contribution in [3.8, 4) is 5.75 Å². The second-order valence-electron chi connectivity index (χ2n) is 5.09. The number of halogens is 1. The molecule has 1 aliphatic heterocycles. The van der Waals surface area contributed by atoms with Gasteiger partial charge in [0, 0.05) is 37.8 Å². The SMILES string of the molecule is CCOc1ccc(C(O)C(C)N2CCNCC2)c(Cl)c1. The molecule has 0 spiro atoms. The average Bonchev–Trinajstić information content (AvgIpc) is 2.47. The van der Waals surface area contributed by atoms with E-state index in [-0.39, 0.29) is 6.04 Å². The molecule has 0 radical (unpaired) electrons. The van der Waals surface area contributed by atoms with Crippen molar-refractivity contribution in [2.75, 3.05) is 32.8 Å². The lowest BCUT2D eigenvalue weighted by molar-refractivity contribution is 0.0510. The second kappa shape index (κ2) is 7.27. The van der Waals surface area contributed by atoms with Crippen LogP contribution in [0.1, 0.15) is 25.5 Å². The number of nitrogens with zero attached hydrogens (tertiary/aromatic N) is 1. The first-order chi connectivity index (χ1) is 9.63. The van der Waals surface area contributed by atoms with Gasteiger partial charge in [0.25, 0.3) is 0 Å². The van der Waals surface area contributed by atoms with Gasteiger partial charge in [0.05, 0.1) is 17.7 Å². The van der Waals surface area contributed by atoms with Gasteiger partial charge in [0.2, 0.25) is 0 Å². The molecule has 1 heterocycles. The maximum atomic E-state index is 10.6. The van der Waals surface area contributed by atoms with Crippen LogP contribution in [0.15, 0.2) is 18.2 Å². The smallest absolute Gasteiger partial charge is 0.120 e. The van der Waals surface area contributed by atoms with Crippen molar-refractivity contribution in [1.29, 1.82) is 0 Å². The maximum Gasteiger partial charge on any atom is 0.120 e. The Hall–Kier alpha value is -0.810. The van der Waals surface area contributed by atoms with Crippen LogP contribution >= 0.6 is 11.6 Å². The Labute approximate surface area is 125 Å². The minimum atomic E-state index is -0.587. The van der Waals surface area contributed by atoms with E-state index in [9.17, 15) is 5.11 Å². The molecule has 1 aliphatic rings. The highest BCUT2D eigenvalue weighted by atomic mass is 35.5. The molecule has 20 heavy (non-hydrogen) atoms. The maximum absolute atomic E-state index is 10.6. The van der Waals surface area contributed by atoms with Crippen LogP contribution in [0.4, 0.5) is 0 Å². The number of nitrogens with one attached hydrogen (secondary N) is 1. The predicted octanol–water partition coefficient (Wildman–Crippen LogP) is 2.07. The monoisotopic (exact) mass is 298 g/mol. The molecule has 112 valence electrons. The number of aliphatic hydroxyl groups is 1. The highest BCUT2D eigenvalue weighted by molar-refractivity contribution is 6.31. The van der Waals surface area contributed by atoms with E-state index in [1.165, 1.54) is 0 Å². The Morgan fingerprint density at radius 1 is 1.40 bits per heavy atom. The Morgan fingerprint density at radius 2 is 2.10 bits per heavy atom. The van der Waals surface area contributed by atoms with Crippen LogP contribution in [0.25, 0.3) is 0 Å². The lowest BCUT2D eigenvalue weighted by atomic mass is 10.0. The van der Waals surface area contributed by atoms with Gasteiger partial charge in [-0.1, -0.05) is 17.7 Å². The van der Waals surface area contributed by atoms with Crippen molar-refractivity contribution in [1.82, 2.24) is 10.2 Å². The summed E-state index contributed by atoms with van der Waals surface area (Å²) < 4.78 is 5.41. The molecule has 1 fully saturated rings. The minimum absolute atomic E-state index is 0.0487. The predicted molar refractivity (Wildman–Crippen MR) is 81.5 cm³/mol. The molecule has 0 bridgehead atoms. The van der Waals surface area contributed by atoms with E-state index in [1.54, 1.807) is 6.07 Å². The summed E-state index contributed by atoms with van der Waals surface area (Å²) in [7, 11) is 0. The molecule has 0 aromatic heterocycles. The summed E-state index contributed by atoms with van der Waals surface area (Å²) in [5.74, 6) is 0.739. The van der Waals surface area contributed by atoms with Crippen LogP contribution in [-0.4, -0.2) is 48.8 Å². The van der Waals surface area contributed by atoms with E-state index in [0.717, 1.165) is 37.5 Å². The van der Waals surface area contributed by atoms with Crippen LogP contribution in [0.3, 0.4) is 0 Å². The highest BCUT2D eigenvalue weighted by Crippen LogP contribution is 2.30. The topological polar surface area (TPSA) is 44.7 Å². The molecule has 2 N–H and O–H groups in total. The first kappa shape index (κ1) is 15.6. The molecule has 1 aromatic carbocycles. The zero-order valence-electron chi connectivity index (χ0n) is 12.1. The number of rotatable bonds is 5. The summed E-state index contributed by atoms with van der Waals surface area (Å²) in [4.78, 5) is 2.29. The van der Waals surface area contributed by atoms with Crippen LogP contribution in [0.5, 0.6) is 5.75 Å². The van der Waals surface area contributed by atoms with Gasteiger partial charge in [-0.05, 0) is 26.0 Å². The van der Waals surface area contributed by atoms with E-state index in [4.69, 9.17) is 16.3 Å². The van der Waals surface area contributed by atoms with Crippen molar-refractivity contribution in [3.05, 3.63) is 28.8 Å². The van der Waals surface area contributed by atoms with E-state index in [2.05, 4.69) is 10.2 Å². The number of hydrogen-bond donors (Lipinski definition) is 2. The molecule has 4 nitrogen and oxygen atoms in total. The van der Waals surface area contributed by atoms with Gasteiger partial charge in [-0.2, -0.15) is 0 Å². The fourth-order valence-corrected chi connectivity index (χ4v) is 2.84. The van der Waals surface area contributed by atoms with E-state index < -0.39 is 6.10 Å². The van der Waals surface area contributed by atoms with Gasteiger partial charge in [0.15, 0.2) is 0 Å². The summed E-state index contributed by atoms with van der Waals surface area (Å²) in [5.41, 5.74) is 0.765. The average molecular weight is 299 g/mol. The Kier molecular flexibility index (Phi) is 5.66. The van der Waals surface area contributed by atoms with Crippen molar-refractivity contribution in [2.24, 2.45) is 0 Å². The number of piperazine rings is 1. The number of ether oxygens (including phenoxy) is 1. The Balaban J connectivity index is 2.09. The summed E-state index contributed by atoms with van der Waals surface area (Å²) in [6.07, 6.45) is -0.587.